The first kappa shape index (κ1) is 22.0. The highest BCUT2D eigenvalue weighted by atomic mass is 32.2. The SMILES string of the molecule is Cc1ccc(C)c(NC(=O)C(C)Sc2cccc(NC(=O)CC(C)(C)C)c2)c1. The van der Waals surface area contributed by atoms with Crippen LogP contribution in [0.2, 0.25) is 0 Å². The molecule has 0 aliphatic heterocycles. The largest absolute Gasteiger partial charge is 0.326 e. The van der Waals surface area contributed by atoms with Crippen LogP contribution in [0.1, 0.15) is 45.2 Å². The predicted molar refractivity (Wildman–Crippen MR) is 119 cm³/mol. The highest BCUT2D eigenvalue weighted by Crippen LogP contribution is 2.28. The Bertz CT molecular complexity index is 856. The van der Waals surface area contributed by atoms with Crippen molar-refractivity contribution in [3.05, 3.63) is 53.6 Å². The van der Waals surface area contributed by atoms with Gasteiger partial charge < -0.3 is 10.6 Å². The molecule has 2 amide bonds. The molecule has 0 bridgehead atoms. The summed E-state index contributed by atoms with van der Waals surface area (Å²) >= 11 is 1.47. The van der Waals surface area contributed by atoms with Crippen LogP contribution in [0.4, 0.5) is 11.4 Å². The smallest absolute Gasteiger partial charge is 0.237 e. The molecular formula is C23H30N2O2S. The van der Waals surface area contributed by atoms with Gasteiger partial charge in [-0.25, -0.2) is 0 Å². The lowest BCUT2D eigenvalue weighted by atomic mass is 9.92. The Hall–Kier alpha value is -2.27. The molecule has 5 heteroatoms. The van der Waals surface area contributed by atoms with Crippen LogP contribution < -0.4 is 10.6 Å². The van der Waals surface area contributed by atoms with E-state index in [0.717, 1.165) is 27.4 Å². The van der Waals surface area contributed by atoms with Crippen LogP contribution in [0.5, 0.6) is 0 Å². The molecule has 0 heterocycles. The van der Waals surface area contributed by atoms with Gasteiger partial charge in [0.05, 0.1) is 5.25 Å². The van der Waals surface area contributed by atoms with E-state index in [1.807, 2.05) is 84.0 Å². The van der Waals surface area contributed by atoms with Gasteiger partial charge in [0.25, 0.3) is 0 Å². The van der Waals surface area contributed by atoms with E-state index in [1.54, 1.807) is 0 Å². The third kappa shape index (κ3) is 7.04. The number of thioether (sulfide) groups is 1. The summed E-state index contributed by atoms with van der Waals surface area (Å²) in [6.45, 7) is 12.0. The molecule has 2 rings (SSSR count). The van der Waals surface area contributed by atoms with Crippen LogP contribution in [0.25, 0.3) is 0 Å². The van der Waals surface area contributed by atoms with Crippen LogP contribution in [0.15, 0.2) is 47.4 Å². The monoisotopic (exact) mass is 398 g/mol. The van der Waals surface area contributed by atoms with Gasteiger partial charge in [-0.2, -0.15) is 0 Å². The van der Waals surface area contributed by atoms with Crippen molar-refractivity contribution >= 4 is 35.0 Å². The number of nitrogens with one attached hydrogen (secondary N) is 2. The summed E-state index contributed by atoms with van der Waals surface area (Å²) in [6.07, 6.45) is 0.457. The molecular weight excluding hydrogens is 368 g/mol. The lowest BCUT2D eigenvalue weighted by Crippen LogP contribution is -2.23. The van der Waals surface area contributed by atoms with Crippen molar-refractivity contribution in [3.8, 4) is 0 Å². The van der Waals surface area contributed by atoms with Gasteiger partial charge in [0.2, 0.25) is 11.8 Å². The summed E-state index contributed by atoms with van der Waals surface area (Å²) in [4.78, 5) is 25.7. The maximum absolute atomic E-state index is 12.6. The number of hydrogen-bond acceptors (Lipinski definition) is 3. The molecule has 0 saturated heterocycles. The molecule has 1 atom stereocenters. The second-order valence-electron chi connectivity index (χ2n) is 8.38. The predicted octanol–water partition coefficient (Wildman–Crippen LogP) is 5.80. The first-order chi connectivity index (χ1) is 13.0. The number of aryl methyl sites for hydroxylation is 2. The average Bonchev–Trinajstić information content (AvgIpc) is 2.56. The highest BCUT2D eigenvalue weighted by molar-refractivity contribution is 8.00. The Morgan fingerprint density at radius 3 is 2.43 bits per heavy atom. The molecule has 0 aliphatic rings. The first-order valence-corrected chi connectivity index (χ1v) is 10.4. The van der Waals surface area contributed by atoms with Crippen LogP contribution in [0.3, 0.4) is 0 Å². The van der Waals surface area contributed by atoms with E-state index in [-0.39, 0.29) is 22.5 Å². The molecule has 0 aliphatic carbocycles. The van der Waals surface area contributed by atoms with E-state index in [2.05, 4.69) is 10.6 Å². The van der Waals surface area contributed by atoms with Gasteiger partial charge in [0, 0.05) is 22.7 Å². The third-order valence-corrected chi connectivity index (χ3v) is 5.24. The van der Waals surface area contributed by atoms with Gasteiger partial charge in [0.1, 0.15) is 0 Å². The minimum absolute atomic E-state index is 0.00429. The maximum atomic E-state index is 12.6. The topological polar surface area (TPSA) is 58.2 Å². The van der Waals surface area contributed by atoms with Crippen molar-refractivity contribution in [1.82, 2.24) is 0 Å². The van der Waals surface area contributed by atoms with Gasteiger partial charge in [-0.05, 0) is 61.6 Å². The van der Waals surface area contributed by atoms with Gasteiger partial charge in [0.15, 0.2) is 0 Å². The number of carbonyl (C=O) groups is 2. The summed E-state index contributed by atoms with van der Waals surface area (Å²) in [6, 6.07) is 13.6. The summed E-state index contributed by atoms with van der Waals surface area (Å²) in [5.74, 6) is -0.0452. The van der Waals surface area contributed by atoms with E-state index in [4.69, 9.17) is 0 Å². The van der Waals surface area contributed by atoms with Crippen molar-refractivity contribution < 1.29 is 9.59 Å². The normalized spacial score (nSPS) is 12.4. The summed E-state index contributed by atoms with van der Waals surface area (Å²) in [7, 11) is 0. The van der Waals surface area contributed by atoms with E-state index < -0.39 is 0 Å². The average molecular weight is 399 g/mol. The molecule has 0 spiro atoms. The van der Waals surface area contributed by atoms with Crippen LogP contribution in [-0.4, -0.2) is 17.1 Å². The number of anilines is 2. The van der Waals surface area contributed by atoms with Crippen molar-refractivity contribution in [1.29, 1.82) is 0 Å². The molecule has 0 aromatic heterocycles. The maximum Gasteiger partial charge on any atom is 0.237 e. The molecule has 0 saturated carbocycles. The zero-order chi connectivity index (χ0) is 20.9. The molecule has 2 N–H and O–H groups in total. The van der Waals surface area contributed by atoms with Crippen LogP contribution in [-0.2, 0) is 9.59 Å². The van der Waals surface area contributed by atoms with Gasteiger partial charge >= 0.3 is 0 Å². The quantitative estimate of drug-likeness (QED) is 0.605. The molecule has 1 unspecified atom stereocenters. The van der Waals surface area contributed by atoms with Gasteiger partial charge in [-0.3, -0.25) is 9.59 Å². The van der Waals surface area contributed by atoms with Gasteiger partial charge in [-0.1, -0.05) is 39.0 Å². The van der Waals surface area contributed by atoms with Crippen LogP contribution >= 0.6 is 11.8 Å². The Morgan fingerprint density at radius 1 is 1.04 bits per heavy atom. The summed E-state index contributed by atoms with van der Waals surface area (Å²) < 4.78 is 0. The minimum Gasteiger partial charge on any atom is -0.326 e. The fraction of sp³-hybridized carbons (Fsp3) is 0.391. The van der Waals surface area contributed by atoms with Crippen molar-refractivity contribution in [3.63, 3.8) is 0 Å². The zero-order valence-corrected chi connectivity index (χ0v) is 18.4. The Kier molecular flexibility index (Phi) is 7.30. The van der Waals surface area contributed by atoms with Crippen molar-refractivity contribution in [2.45, 2.75) is 58.1 Å². The number of rotatable bonds is 6. The molecule has 4 nitrogen and oxygen atoms in total. The van der Waals surface area contributed by atoms with Gasteiger partial charge in [-0.15, -0.1) is 11.8 Å². The number of carbonyl (C=O) groups excluding carboxylic acids is 2. The second-order valence-corrected chi connectivity index (χ2v) is 9.80. The first-order valence-electron chi connectivity index (χ1n) is 9.48. The molecule has 2 aromatic rings. The Balaban J connectivity index is 1.99. The molecule has 28 heavy (non-hydrogen) atoms. The second kappa shape index (κ2) is 9.28. The van der Waals surface area contributed by atoms with E-state index in [0.29, 0.717) is 6.42 Å². The summed E-state index contributed by atoms with van der Waals surface area (Å²) in [5.41, 5.74) is 3.69. The van der Waals surface area contributed by atoms with E-state index in [1.165, 1.54) is 11.8 Å². The summed E-state index contributed by atoms with van der Waals surface area (Å²) in [5, 5.41) is 5.69. The van der Waals surface area contributed by atoms with Crippen molar-refractivity contribution in [2.75, 3.05) is 10.6 Å². The Labute approximate surface area is 172 Å². The fourth-order valence-electron chi connectivity index (χ4n) is 2.70. The van der Waals surface area contributed by atoms with Crippen LogP contribution in [0, 0.1) is 19.3 Å². The third-order valence-electron chi connectivity index (χ3n) is 4.14. The van der Waals surface area contributed by atoms with E-state index >= 15 is 0 Å². The zero-order valence-electron chi connectivity index (χ0n) is 17.6. The molecule has 0 radical (unpaired) electrons. The Morgan fingerprint density at radius 2 is 1.75 bits per heavy atom. The lowest BCUT2D eigenvalue weighted by Gasteiger charge is -2.18. The molecule has 2 aromatic carbocycles. The van der Waals surface area contributed by atoms with E-state index in [9.17, 15) is 9.59 Å². The molecule has 0 fully saturated rings. The number of benzene rings is 2. The highest BCUT2D eigenvalue weighted by Gasteiger charge is 2.18. The number of hydrogen-bond donors (Lipinski definition) is 2. The standard InChI is InChI=1S/C23H30N2O2S/c1-15-10-11-16(2)20(12-15)25-22(27)17(3)28-19-9-7-8-18(13-19)24-21(26)14-23(4,5)6/h7-13,17H,14H2,1-6H3,(H,24,26)(H,25,27). The molecule has 150 valence electrons. The fourth-order valence-corrected chi connectivity index (χ4v) is 3.62. The minimum atomic E-state index is -0.263. The van der Waals surface area contributed by atoms with Crippen molar-refractivity contribution in [2.24, 2.45) is 5.41 Å². The number of amides is 2. The lowest BCUT2D eigenvalue weighted by molar-refractivity contribution is -0.118.